The van der Waals surface area contributed by atoms with Gasteiger partial charge in [-0.05, 0) is 38.0 Å². The van der Waals surface area contributed by atoms with Gasteiger partial charge >= 0.3 is 0 Å². The van der Waals surface area contributed by atoms with Crippen molar-refractivity contribution < 1.29 is 4.39 Å². The number of nitrogen functional groups attached to an aromatic ring is 1. The first-order valence-electron chi connectivity index (χ1n) is 5.87. The lowest BCUT2D eigenvalue weighted by Crippen LogP contribution is -2.02. The van der Waals surface area contributed by atoms with Crippen molar-refractivity contribution in [1.82, 2.24) is 9.55 Å². The average molecular weight is 266 g/mol. The first kappa shape index (κ1) is 11.5. The summed E-state index contributed by atoms with van der Waals surface area (Å²) >= 11 is 6.05. The molecule has 1 aromatic carbocycles. The molecular weight excluding hydrogens is 253 g/mol. The number of aromatic nitrogens is 2. The van der Waals surface area contributed by atoms with E-state index >= 15 is 0 Å². The van der Waals surface area contributed by atoms with Gasteiger partial charge in [0, 0.05) is 11.6 Å². The van der Waals surface area contributed by atoms with E-state index in [1.165, 1.54) is 12.1 Å². The normalized spacial score (nSPS) is 15.1. The molecule has 0 bridgehead atoms. The summed E-state index contributed by atoms with van der Waals surface area (Å²) in [6.07, 6.45) is 2.27. The van der Waals surface area contributed by atoms with Crippen molar-refractivity contribution in [3.63, 3.8) is 0 Å². The molecule has 94 valence electrons. The average Bonchev–Trinajstić information content (AvgIpc) is 3.07. The Morgan fingerprint density at radius 3 is 2.78 bits per heavy atom. The van der Waals surface area contributed by atoms with Crippen molar-refractivity contribution in [3.05, 3.63) is 34.9 Å². The van der Waals surface area contributed by atoms with Crippen LogP contribution in [-0.2, 0) is 0 Å². The largest absolute Gasteiger partial charge is 0.383 e. The highest BCUT2D eigenvalue weighted by atomic mass is 35.5. The molecule has 3 nitrogen and oxygen atoms in total. The molecule has 0 spiro atoms. The van der Waals surface area contributed by atoms with Crippen LogP contribution in [0.5, 0.6) is 0 Å². The maximum Gasteiger partial charge on any atom is 0.132 e. The van der Waals surface area contributed by atoms with Gasteiger partial charge in [0.15, 0.2) is 0 Å². The van der Waals surface area contributed by atoms with Gasteiger partial charge in [-0.2, -0.15) is 0 Å². The number of benzene rings is 1. The molecule has 0 unspecified atom stereocenters. The molecule has 3 rings (SSSR count). The summed E-state index contributed by atoms with van der Waals surface area (Å²) in [4.78, 5) is 4.46. The van der Waals surface area contributed by atoms with Crippen LogP contribution in [0.4, 0.5) is 10.2 Å². The molecule has 0 atom stereocenters. The molecule has 0 aliphatic heterocycles. The van der Waals surface area contributed by atoms with E-state index < -0.39 is 0 Å². The van der Waals surface area contributed by atoms with Gasteiger partial charge in [0.25, 0.3) is 0 Å². The van der Waals surface area contributed by atoms with Crippen molar-refractivity contribution in [3.8, 4) is 11.3 Å². The van der Waals surface area contributed by atoms with Gasteiger partial charge in [-0.25, -0.2) is 9.37 Å². The molecular formula is C13H13ClFN3. The Bertz CT molecular complexity index is 617. The van der Waals surface area contributed by atoms with Crippen LogP contribution in [0.25, 0.3) is 11.3 Å². The topological polar surface area (TPSA) is 43.8 Å². The highest BCUT2D eigenvalue weighted by Gasteiger charge is 2.29. The van der Waals surface area contributed by atoms with E-state index in [0.717, 1.165) is 18.7 Å². The van der Waals surface area contributed by atoms with Crippen LogP contribution in [0.3, 0.4) is 0 Å². The molecule has 1 aliphatic rings. The summed E-state index contributed by atoms with van der Waals surface area (Å²) < 4.78 is 15.1. The van der Waals surface area contributed by atoms with E-state index in [1.54, 1.807) is 6.07 Å². The van der Waals surface area contributed by atoms with Crippen LogP contribution in [0.1, 0.15) is 24.7 Å². The Labute approximate surface area is 109 Å². The number of hydrogen-bond acceptors (Lipinski definition) is 2. The highest BCUT2D eigenvalue weighted by Crippen LogP contribution is 2.41. The van der Waals surface area contributed by atoms with Gasteiger partial charge in [0.2, 0.25) is 0 Å². The molecule has 2 aromatic rings. The predicted molar refractivity (Wildman–Crippen MR) is 70.1 cm³/mol. The van der Waals surface area contributed by atoms with Crippen molar-refractivity contribution in [2.45, 2.75) is 25.8 Å². The molecule has 1 heterocycles. The quantitative estimate of drug-likeness (QED) is 0.902. The lowest BCUT2D eigenvalue weighted by molar-refractivity contribution is 0.628. The van der Waals surface area contributed by atoms with Crippen LogP contribution < -0.4 is 5.73 Å². The third-order valence-corrected chi connectivity index (χ3v) is 3.54. The van der Waals surface area contributed by atoms with Crippen LogP contribution in [0.15, 0.2) is 18.2 Å². The van der Waals surface area contributed by atoms with Crippen molar-refractivity contribution in [2.75, 3.05) is 5.73 Å². The van der Waals surface area contributed by atoms with Gasteiger partial charge in [0.1, 0.15) is 23.2 Å². The Hall–Kier alpha value is -1.55. The molecule has 5 heteroatoms. The number of aryl methyl sites for hydroxylation is 1. The van der Waals surface area contributed by atoms with Crippen molar-refractivity contribution >= 4 is 17.4 Å². The lowest BCUT2D eigenvalue weighted by atomic mass is 10.1. The molecule has 0 saturated heterocycles. The molecule has 1 aliphatic carbocycles. The number of halogens is 2. The molecule has 1 saturated carbocycles. The molecule has 0 radical (unpaired) electrons. The predicted octanol–water partition coefficient (Wildman–Crippen LogP) is 3.57. The number of hydrogen-bond donors (Lipinski definition) is 1. The number of rotatable bonds is 2. The molecule has 1 aromatic heterocycles. The number of anilines is 1. The second-order valence-corrected chi connectivity index (χ2v) is 5.03. The Kier molecular flexibility index (Phi) is 2.55. The molecule has 0 amide bonds. The zero-order chi connectivity index (χ0) is 12.9. The SMILES string of the molecule is Cc1nc(-c2ccc(F)cc2Cl)c(N)n1C1CC1. The summed E-state index contributed by atoms with van der Waals surface area (Å²) in [7, 11) is 0. The minimum Gasteiger partial charge on any atom is -0.383 e. The van der Waals surface area contributed by atoms with Crippen molar-refractivity contribution in [1.29, 1.82) is 0 Å². The van der Waals surface area contributed by atoms with E-state index in [0.29, 0.717) is 28.1 Å². The molecule has 1 fully saturated rings. The Balaban J connectivity index is 2.14. The Morgan fingerprint density at radius 1 is 1.44 bits per heavy atom. The van der Waals surface area contributed by atoms with Gasteiger partial charge in [0.05, 0.1) is 5.02 Å². The van der Waals surface area contributed by atoms with Gasteiger partial charge in [-0.15, -0.1) is 0 Å². The molecule has 18 heavy (non-hydrogen) atoms. The van der Waals surface area contributed by atoms with Crippen LogP contribution in [0.2, 0.25) is 5.02 Å². The maximum atomic E-state index is 13.0. The minimum atomic E-state index is -0.360. The second kappa shape index (κ2) is 3.99. The fraction of sp³-hybridized carbons (Fsp3) is 0.308. The summed E-state index contributed by atoms with van der Waals surface area (Å²) in [5.41, 5.74) is 7.45. The summed E-state index contributed by atoms with van der Waals surface area (Å²) in [6.45, 7) is 1.93. The van der Waals surface area contributed by atoms with E-state index in [2.05, 4.69) is 4.98 Å². The molecule has 2 N–H and O–H groups in total. The highest BCUT2D eigenvalue weighted by molar-refractivity contribution is 6.33. The summed E-state index contributed by atoms with van der Waals surface area (Å²) in [5.74, 6) is 1.13. The number of nitrogens with two attached hydrogens (primary N) is 1. The first-order valence-corrected chi connectivity index (χ1v) is 6.25. The van der Waals surface area contributed by atoms with Gasteiger partial charge < -0.3 is 10.3 Å². The van der Waals surface area contributed by atoms with Crippen LogP contribution in [-0.4, -0.2) is 9.55 Å². The standard InChI is InChI=1S/C13H13ClFN3/c1-7-17-12(13(16)18(7)9-3-4-9)10-5-2-8(15)6-11(10)14/h2,5-6,9H,3-4,16H2,1H3. The van der Waals surface area contributed by atoms with Gasteiger partial charge in [-0.1, -0.05) is 11.6 Å². The Morgan fingerprint density at radius 2 is 2.17 bits per heavy atom. The van der Waals surface area contributed by atoms with E-state index in [1.807, 2.05) is 11.5 Å². The zero-order valence-corrected chi connectivity index (χ0v) is 10.7. The van der Waals surface area contributed by atoms with E-state index in [4.69, 9.17) is 17.3 Å². The maximum absolute atomic E-state index is 13.0. The smallest absolute Gasteiger partial charge is 0.132 e. The van der Waals surface area contributed by atoms with Crippen molar-refractivity contribution in [2.24, 2.45) is 0 Å². The van der Waals surface area contributed by atoms with Crippen LogP contribution >= 0.6 is 11.6 Å². The minimum absolute atomic E-state index is 0.335. The monoisotopic (exact) mass is 265 g/mol. The fourth-order valence-corrected chi connectivity index (χ4v) is 2.49. The van der Waals surface area contributed by atoms with Gasteiger partial charge in [-0.3, -0.25) is 0 Å². The lowest BCUT2D eigenvalue weighted by Gasteiger charge is -2.06. The summed E-state index contributed by atoms with van der Waals surface area (Å²) in [6, 6.07) is 4.73. The number of imidazole rings is 1. The zero-order valence-electron chi connectivity index (χ0n) is 9.95. The first-order chi connectivity index (χ1) is 8.58. The summed E-state index contributed by atoms with van der Waals surface area (Å²) in [5, 5.41) is 0.335. The third kappa shape index (κ3) is 1.77. The number of nitrogens with zero attached hydrogens (tertiary/aromatic N) is 2. The van der Waals surface area contributed by atoms with E-state index in [9.17, 15) is 4.39 Å². The third-order valence-electron chi connectivity index (χ3n) is 3.22. The fourth-order valence-electron chi connectivity index (χ4n) is 2.23. The van der Waals surface area contributed by atoms with E-state index in [-0.39, 0.29) is 5.82 Å². The second-order valence-electron chi connectivity index (χ2n) is 4.62. The van der Waals surface area contributed by atoms with Crippen LogP contribution in [0, 0.1) is 12.7 Å².